The molecule has 3 nitrogen and oxygen atoms in total. The molecule has 1 atom stereocenters. The Kier molecular flexibility index (Phi) is 4.48. The third kappa shape index (κ3) is 3.16. The predicted octanol–water partition coefficient (Wildman–Crippen LogP) is 3.96. The van der Waals surface area contributed by atoms with Crippen LogP contribution in [0.15, 0.2) is 36.4 Å². The zero-order valence-electron chi connectivity index (χ0n) is 12.7. The van der Waals surface area contributed by atoms with Crippen LogP contribution in [-0.2, 0) is 0 Å². The largest absolute Gasteiger partial charge is 0.497 e. The maximum absolute atomic E-state index is 13.8. The number of methoxy groups -OCH3 is 1. The monoisotopic (exact) mass is 289 g/mol. The molecule has 0 saturated carbocycles. The summed E-state index contributed by atoms with van der Waals surface area (Å²) in [5, 5.41) is 9.90. The van der Waals surface area contributed by atoms with Crippen LogP contribution in [0.4, 0.5) is 15.8 Å². The van der Waals surface area contributed by atoms with E-state index in [9.17, 15) is 9.50 Å². The van der Waals surface area contributed by atoms with Crippen LogP contribution in [-0.4, -0.2) is 19.3 Å². The van der Waals surface area contributed by atoms with Crippen molar-refractivity contribution in [2.75, 3.05) is 19.1 Å². The van der Waals surface area contributed by atoms with Gasteiger partial charge in [0.25, 0.3) is 0 Å². The zero-order chi connectivity index (χ0) is 15.6. The van der Waals surface area contributed by atoms with E-state index in [1.54, 1.807) is 27.0 Å². The van der Waals surface area contributed by atoms with Crippen molar-refractivity contribution in [3.05, 3.63) is 53.3 Å². The van der Waals surface area contributed by atoms with Gasteiger partial charge in [-0.3, -0.25) is 0 Å². The molecule has 4 heteroatoms. The fraction of sp³-hybridized carbons (Fsp3) is 0.294. The Labute approximate surface area is 124 Å². The first-order chi connectivity index (χ1) is 9.93. The molecular weight excluding hydrogens is 269 g/mol. The van der Waals surface area contributed by atoms with Crippen LogP contribution in [0.3, 0.4) is 0 Å². The van der Waals surface area contributed by atoms with E-state index in [1.807, 2.05) is 36.2 Å². The maximum atomic E-state index is 13.8. The van der Waals surface area contributed by atoms with Crippen molar-refractivity contribution in [2.24, 2.45) is 0 Å². The van der Waals surface area contributed by atoms with Gasteiger partial charge in [-0.25, -0.2) is 4.39 Å². The second kappa shape index (κ2) is 6.14. The van der Waals surface area contributed by atoms with E-state index in [1.165, 1.54) is 6.07 Å². The second-order valence-corrected chi connectivity index (χ2v) is 5.10. The van der Waals surface area contributed by atoms with Gasteiger partial charge in [0.15, 0.2) is 0 Å². The third-order valence-corrected chi connectivity index (χ3v) is 3.56. The standard InChI is InChI=1S/C17H20FNO2/c1-11-8-17(15(12(2)20)10-16(11)18)19(3)13-6-5-7-14(9-13)21-4/h5-10,12,20H,1-4H3. The molecule has 0 fully saturated rings. The molecule has 2 aromatic carbocycles. The number of nitrogens with zero attached hydrogens (tertiary/aromatic N) is 1. The van der Waals surface area contributed by atoms with E-state index in [2.05, 4.69) is 0 Å². The van der Waals surface area contributed by atoms with Gasteiger partial charge in [-0.1, -0.05) is 6.07 Å². The van der Waals surface area contributed by atoms with Crippen molar-refractivity contribution >= 4 is 11.4 Å². The number of anilines is 2. The molecule has 1 N–H and O–H groups in total. The van der Waals surface area contributed by atoms with Crippen LogP contribution >= 0.6 is 0 Å². The van der Waals surface area contributed by atoms with E-state index >= 15 is 0 Å². The first-order valence-corrected chi connectivity index (χ1v) is 6.80. The number of rotatable bonds is 4. The highest BCUT2D eigenvalue weighted by Crippen LogP contribution is 2.34. The summed E-state index contributed by atoms with van der Waals surface area (Å²) in [6.45, 7) is 3.34. The average Bonchev–Trinajstić information content (AvgIpc) is 2.48. The molecule has 112 valence electrons. The number of hydrogen-bond donors (Lipinski definition) is 1. The molecular formula is C17H20FNO2. The van der Waals surface area contributed by atoms with Gasteiger partial charge >= 0.3 is 0 Å². The van der Waals surface area contributed by atoms with Crippen molar-refractivity contribution < 1.29 is 14.2 Å². The summed E-state index contributed by atoms with van der Waals surface area (Å²) < 4.78 is 19.0. The van der Waals surface area contributed by atoms with Gasteiger partial charge < -0.3 is 14.7 Å². The number of aliphatic hydroxyl groups excluding tert-OH is 1. The van der Waals surface area contributed by atoms with Crippen molar-refractivity contribution in [2.45, 2.75) is 20.0 Å². The van der Waals surface area contributed by atoms with E-state index in [-0.39, 0.29) is 5.82 Å². The minimum Gasteiger partial charge on any atom is -0.497 e. The van der Waals surface area contributed by atoms with Crippen molar-refractivity contribution in [3.8, 4) is 5.75 Å². The molecule has 0 aromatic heterocycles. The molecule has 0 heterocycles. The number of aliphatic hydroxyl groups is 1. The Balaban J connectivity index is 2.51. The minimum absolute atomic E-state index is 0.311. The van der Waals surface area contributed by atoms with Gasteiger partial charge in [-0.05, 0) is 43.7 Å². The molecule has 1 unspecified atom stereocenters. The Morgan fingerprint density at radius 1 is 1.24 bits per heavy atom. The molecule has 0 radical (unpaired) electrons. The topological polar surface area (TPSA) is 32.7 Å². The van der Waals surface area contributed by atoms with Gasteiger partial charge in [0.2, 0.25) is 0 Å². The number of ether oxygens (including phenoxy) is 1. The van der Waals surface area contributed by atoms with Crippen LogP contribution in [0.1, 0.15) is 24.2 Å². The van der Waals surface area contributed by atoms with Crippen LogP contribution in [0, 0.1) is 12.7 Å². The van der Waals surface area contributed by atoms with Crippen LogP contribution in [0.25, 0.3) is 0 Å². The normalized spacial score (nSPS) is 12.1. The Bertz CT molecular complexity index is 641. The van der Waals surface area contributed by atoms with E-state index in [4.69, 9.17) is 4.74 Å². The summed E-state index contributed by atoms with van der Waals surface area (Å²) in [6, 6.07) is 10.7. The lowest BCUT2D eigenvalue weighted by molar-refractivity contribution is 0.199. The van der Waals surface area contributed by atoms with Gasteiger partial charge in [-0.2, -0.15) is 0 Å². The number of benzene rings is 2. The van der Waals surface area contributed by atoms with E-state index in [0.717, 1.165) is 17.1 Å². The van der Waals surface area contributed by atoms with Crippen LogP contribution in [0.5, 0.6) is 5.75 Å². The van der Waals surface area contributed by atoms with Gasteiger partial charge in [0.1, 0.15) is 11.6 Å². The summed E-state index contributed by atoms with van der Waals surface area (Å²) in [4.78, 5) is 1.91. The highest BCUT2D eigenvalue weighted by Gasteiger charge is 2.16. The quantitative estimate of drug-likeness (QED) is 0.924. The van der Waals surface area contributed by atoms with Crippen LogP contribution in [0.2, 0.25) is 0 Å². The molecule has 2 aromatic rings. The zero-order valence-corrected chi connectivity index (χ0v) is 12.7. The molecule has 0 aliphatic heterocycles. The van der Waals surface area contributed by atoms with Crippen molar-refractivity contribution in [1.82, 2.24) is 0 Å². The first-order valence-electron chi connectivity index (χ1n) is 6.80. The number of hydrogen-bond acceptors (Lipinski definition) is 3. The lowest BCUT2D eigenvalue weighted by Gasteiger charge is -2.25. The summed E-state index contributed by atoms with van der Waals surface area (Å²) in [7, 11) is 3.50. The first kappa shape index (κ1) is 15.3. The predicted molar refractivity (Wildman–Crippen MR) is 82.8 cm³/mol. The third-order valence-electron chi connectivity index (χ3n) is 3.56. The molecule has 0 spiro atoms. The van der Waals surface area contributed by atoms with Gasteiger partial charge in [0, 0.05) is 30.1 Å². The van der Waals surface area contributed by atoms with Gasteiger partial charge in [0.05, 0.1) is 13.2 Å². The lowest BCUT2D eigenvalue weighted by atomic mass is 10.0. The molecule has 0 aliphatic rings. The summed E-state index contributed by atoms with van der Waals surface area (Å²) in [5.74, 6) is 0.436. The van der Waals surface area contributed by atoms with Crippen molar-refractivity contribution in [3.63, 3.8) is 0 Å². The highest BCUT2D eigenvalue weighted by atomic mass is 19.1. The van der Waals surface area contributed by atoms with Gasteiger partial charge in [-0.15, -0.1) is 0 Å². The van der Waals surface area contributed by atoms with Crippen molar-refractivity contribution in [1.29, 1.82) is 0 Å². The summed E-state index contributed by atoms with van der Waals surface area (Å²) in [5.41, 5.74) is 2.78. The van der Waals surface area contributed by atoms with E-state index in [0.29, 0.717) is 11.1 Å². The molecule has 0 bridgehead atoms. The highest BCUT2D eigenvalue weighted by molar-refractivity contribution is 5.68. The lowest BCUT2D eigenvalue weighted by Crippen LogP contribution is -2.14. The molecule has 0 amide bonds. The molecule has 0 aliphatic carbocycles. The Morgan fingerprint density at radius 3 is 2.57 bits per heavy atom. The SMILES string of the molecule is COc1cccc(N(C)c2cc(C)c(F)cc2C(C)O)c1. The second-order valence-electron chi connectivity index (χ2n) is 5.10. The average molecular weight is 289 g/mol. The van der Waals surface area contributed by atoms with Crippen LogP contribution < -0.4 is 9.64 Å². The molecule has 0 saturated heterocycles. The fourth-order valence-electron chi connectivity index (χ4n) is 2.26. The fourth-order valence-corrected chi connectivity index (χ4v) is 2.26. The smallest absolute Gasteiger partial charge is 0.126 e. The maximum Gasteiger partial charge on any atom is 0.126 e. The summed E-state index contributed by atoms with van der Waals surface area (Å²) in [6.07, 6.45) is -0.747. The number of aryl methyl sites for hydroxylation is 1. The Morgan fingerprint density at radius 2 is 1.95 bits per heavy atom. The number of halogens is 1. The minimum atomic E-state index is -0.747. The van der Waals surface area contributed by atoms with E-state index < -0.39 is 6.10 Å². The summed E-state index contributed by atoms with van der Waals surface area (Å²) >= 11 is 0. The molecule has 2 rings (SSSR count). The molecule has 21 heavy (non-hydrogen) atoms. The Hall–Kier alpha value is -2.07.